The van der Waals surface area contributed by atoms with Gasteiger partial charge < -0.3 is 10.4 Å². The van der Waals surface area contributed by atoms with Crippen LogP contribution < -0.4 is 5.32 Å². The molecule has 0 amide bonds. The van der Waals surface area contributed by atoms with E-state index in [1.807, 2.05) is 6.92 Å². The average molecular weight is 224 g/mol. The van der Waals surface area contributed by atoms with Crippen LogP contribution in [0.25, 0.3) is 0 Å². The van der Waals surface area contributed by atoms with Crippen LogP contribution in [-0.4, -0.2) is 21.6 Å². The highest BCUT2D eigenvalue weighted by Crippen LogP contribution is 2.34. The van der Waals surface area contributed by atoms with Crippen molar-refractivity contribution in [3.05, 3.63) is 23.6 Å². The molecule has 1 heterocycles. The molecule has 1 aliphatic rings. The number of rotatable bonds is 3. The average Bonchev–Trinajstić information content (AvgIpc) is 2.18. The van der Waals surface area contributed by atoms with Crippen LogP contribution in [0.1, 0.15) is 36.5 Å². The number of aromatic carboxylic acids is 1. The molecule has 0 unspecified atom stereocenters. The summed E-state index contributed by atoms with van der Waals surface area (Å²) in [6.07, 6.45) is 4.10. The molecular formula is C11H13FN2O2. The fraction of sp³-hybridized carbons (Fsp3) is 0.455. The third kappa shape index (κ3) is 1.98. The normalized spacial score (nSPS) is 17.6. The van der Waals surface area contributed by atoms with Crippen molar-refractivity contribution in [2.45, 2.75) is 31.7 Å². The van der Waals surface area contributed by atoms with Crippen molar-refractivity contribution in [3.8, 4) is 0 Å². The monoisotopic (exact) mass is 224 g/mol. The number of hydrogen-bond acceptors (Lipinski definition) is 3. The summed E-state index contributed by atoms with van der Waals surface area (Å²) in [7, 11) is 0. The Kier molecular flexibility index (Phi) is 2.53. The number of halogens is 1. The van der Waals surface area contributed by atoms with E-state index >= 15 is 0 Å². The smallest absolute Gasteiger partial charge is 0.339 e. The molecule has 16 heavy (non-hydrogen) atoms. The molecular weight excluding hydrogens is 211 g/mol. The quantitative estimate of drug-likeness (QED) is 0.826. The summed E-state index contributed by atoms with van der Waals surface area (Å²) in [5.74, 6) is -1.56. The molecule has 0 radical (unpaired) electrons. The molecule has 5 heteroatoms. The van der Waals surface area contributed by atoms with Gasteiger partial charge in [-0.2, -0.15) is 0 Å². The lowest BCUT2D eigenvalue weighted by molar-refractivity contribution is 0.0696. The van der Waals surface area contributed by atoms with Gasteiger partial charge in [-0.1, -0.05) is 0 Å². The first-order valence-electron chi connectivity index (χ1n) is 5.17. The molecule has 1 aromatic rings. The van der Waals surface area contributed by atoms with Crippen molar-refractivity contribution in [1.82, 2.24) is 4.98 Å². The van der Waals surface area contributed by atoms with E-state index in [2.05, 4.69) is 10.3 Å². The predicted molar refractivity (Wildman–Crippen MR) is 57.0 cm³/mol. The second-order valence-corrected chi connectivity index (χ2v) is 4.39. The van der Waals surface area contributed by atoms with Gasteiger partial charge in [-0.15, -0.1) is 0 Å². The second kappa shape index (κ2) is 3.73. The van der Waals surface area contributed by atoms with Gasteiger partial charge in [0.15, 0.2) is 0 Å². The number of nitrogens with zero attached hydrogens (tertiary/aromatic N) is 1. The Morgan fingerprint density at radius 1 is 1.62 bits per heavy atom. The summed E-state index contributed by atoms with van der Waals surface area (Å²) < 4.78 is 12.9. The number of carboxylic acid groups (broad SMARTS) is 1. The molecule has 0 aliphatic heterocycles. The van der Waals surface area contributed by atoms with Gasteiger partial charge in [0, 0.05) is 5.54 Å². The Balaban J connectivity index is 2.29. The number of pyridine rings is 1. The molecule has 0 aromatic carbocycles. The summed E-state index contributed by atoms with van der Waals surface area (Å²) in [6, 6.07) is 0.986. The lowest BCUT2D eigenvalue weighted by Crippen LogP contribution is -2.42. The Morgan fingerprint density at radius 2 is 2.31 bits per heavy atom. The highest BCUT2D eigenvalue weighted by molar-refractivity contribution is 5.93. The van der Waals surface area contributed by atoms with Gasteiger partial charge in [0.2, 0.25) is 0 Å². The van der Waals surface area contributed by atoms with Crippen LogP contribution in [0.5, 0.6) is 0 Å². The third-order valence-electron chi connectivity index (χ3n) is 2.96. The van der Waals surface area contributed by atoms with Gasteiger partial charge in [0.05, 0.1) is 6.20 Å². The number of aromatic nitrogens is 1. The van der Waals surface area contributed by atoms with Gasteiger partial charge in [0.1, 0.15) is 17.2 Å². The van der Waals surface area contributed by atoms with E-state index < -0.39 is 11.8 Å². The van der Waals surface area contributed by atoms with Crippen molar-refractivity contribution in [1.29, 1.82) is 0 Å². The number of carbonyl (C=O) groups is 1. The van der Waals surface area contributed by atoms with Crippen molar-refractivity contribution >= 4 is 11.8 Å². The molecule has 0 bridgehead atoms. The molecule has 0 spiro atoms. The molecule has 2 rings (SSSR count). The SMILES string of the molecule is CC1(Nc2ncc(F)cc2C(=O)O)CCC1. The molecule has 0 atom stereocenters. The minimum Gasteiger partial charge on any atom is -0.478 e. The van der Waals surface area contributed by atoms with Crippen LogP contribution in [0.2, 0.25) is 0 Å². The van der Waals surface area contributed by atoms with E-state index in [0.29, 0.717) is 0 Å². The summed E-state index contributed by atoms with van der Waals surface area (Å²) >= 11 is 0. The van der Waals surface area contributed by atoms with E-state index in [0.717, 1.165) is 31.5 Å². The summed E-state index contributed by atoms with van der Waals surface area (Å²) in [5, 5.41) is 12.0. The van der Waals surface area contributed by atoms with Crippen molar-refractivity contribution in [3.63, 3.8) is 0 Å². The first-order chi connectivity index (χ1) is 7.50. The lowest BCUT2D eigenvalue weighted by Gasteiger charge is -2.39. The van der Waals surface area contributed by atoms with Crippen molar-refractivity contribution in [2.75, 3.05) is 5.32 Å². The third-order valence-corrected chi connectivity index (χ3v) is 2.96. The fourth-order valence-electron chi connectivity index (χ4n) is 1.82. The van der Waals surface area contributed by atoms with Crippen molar-refractivity contribution in [2.24, 2.45) is 0 Å². The highest BCUT2D eigenvalue weighted by atomic mass is 19.1. The minimum atomic E-state index is -1.17. The van der Waals surface area contributed by atoms with Crippen LogP contribution in [0.3, 0.4) is 0 Å². The first kappa shape index (κ1) is 10.9. The minimum absolute atomic E-state index is 0.102. The first-order valence-corrected chi connectivity index (χ1v) is 5.17. The van der Waals surface area contributed by atoms with E-state index in [-0.39, 0.29) is 16.9 Å². The number of nitrogens with one attached hydrogen (secondary N) is 1. The van der Waals surface area contributed by atoms with Crippen LogP contribution >= 0.6 is 0 Å². The zero-order chi connectivity index (χ0) is 11.8. The second-order valence-electron chi connectivity index (χ2n) is 4.39. The zero-order valence-electron chi connectivity index (χ0n) is 8.96. The summed E-state index contributed by atoms with van der Waals surface area (Å²) in [4.78, 5) is 14.7. The molecule has 86 valence electrons. The van der Waals surface area contributed by atoms with Gasteiger partial charge in [0.25, 0.3) is 0 Å². The summed E-state index contributed by atoms with van der Waals surface area (Å²) in [6.45, 7) is 2.01. The van der Waals surface area contributed by atoms with Gasteiger partial charge >= 0.3 is 5.97 Å². The topological polar surface area (TPSA) is 62.2 Å². The van der Waals surface area contributed by atoms with E-state index in [4.69, 9.17) is 5.11 Å². The van der Waals surface area contributed by atoms with Crippen LogP contribution in [0.15, 0.2) is 12.3 Å². The maximum Gasteiger partial charge on any atom is 0.339 e. The lowest BCUT2D eigenvalue weighted by atomic mass is 9.78. The van der Waals surface area contributed by atoms with Gasteiger partial charge in [-0.25, -0.2) is 14.2 Å². The molecule has 1 aliphatic carbocycles. The van der Waals surface area contributed by atoms with Crippen molar-refractivity contribution < 1.29 is 14.3 Å². The van der Waals surface area contributed by atoms with Gasteiger partial charge in [-0.05, 0) is 32.3 Å². The predicted octanol–water partition coefficient (Wildman–Crippen LogP) is 2.27. The van der Waals surface area contributed by atoms with E-state index in [9.17, 15) is 9.18 Å². The van der Waals surface area contributed by atoms with E-state index in [1.165, 1.54) is 0 Å². The Morgan fingerprint density at radius 3 is 2.81 bits per heavy atom. The molecule has 1 saturated carbocycles. The Hall–Kier alpha value is -1.65. The molecule has 1 fully saturated rings. The molecule has 2 N–H and O–H groups in total. The Labute approximate surface area is 92.5 Å². The van der Waals surface area contributed by atoms with Crippen LogP contribution in [-0.2, 0) is 0 Å². The molecule has 1 aromatic heterocycles. The largest absolute Gasteiger partial charge is 0.478 e. The number of carboxylic acids is 1. The van der Waals surface area contributed by atoms with Gasteiger partial charge in [-0.3, -0.25) is 0 Å². The van der Waals surface area contributed by atoms with Crippen LogP contribution in [0.4, 0.5) is 10.2 Å². The van der Waals surface area contributed by atoms with Crippen LogP contribution in [0, 0.1) is 5.82 Å². The molecule has 0 saturated heterocycles. The van der Waals surface area contributed by atoms with E-state index in [1.54, 1.807) is 0 Å². The highest BCUT2D eigenvalue weighted by Gasteiger charge is 2.33. The maximum atomic E-state index is 12.9. The number of hydrogen-bond donors (Lipinski definition) is 2. The fourth-order valence-corrected chi connectivity index (χ4v) is 1.82. The number of anilines is 1. The summed E-state index contributed by atoms with van der Waals surface area (Å²) in [5.41, 5.74) is -0.220. The Bertz CT molecular complexity index is 430. The maximum absolute atomic E-state index is 12.9. The zero-order valence-corrected chi connectivity index (χ0v) is 8.96. The molecule has 4 nitrogen and oxygen atoms in total. The standard InChI is InChI=1S/C11H13FN2O2/c1-11(3-2-4-11)14-9-8(10(15)16)5-7(12)6-13-9/h5-6H,2-4H2,1H3,(H,13,14)(H,15,16).